The second-order valence-corrected chi connectivity index (χ2v) is 11.1. The molecule has 3 aromatic rings. The number of ether oxygens (including phenoxy) is 3. The molecule has 40 heavy (non-hydrogen) atoms. The first kappa shape index (κ1) is 27.3. The molecule has 12 heteroatoms. The van der Waals surface area contributed by atoms with Crippen LogP contribution in [0.1, 0.15) is 26.3 Å². The minimum atomic E-state index is -3.68. The van der Waals surface area contributed by atoms with Crippen molar-refractivity contribution in [1.82, 2.24) is 4.31 Å². The van der Waals surface area contributed by atoms with Gasteiger partial charge in [0.25, 0.3) is 11.8 Å². The predicted octanol–water partition coefficient (Wildman–Crippen LogP) is 2.67. The first-order valence-electron chi connectivity index (χ1n) is 12.5. The highest BCUT2D eigenvalue weighted by Crippen LogP contribution is 2.36. The number of carbonyl (C=O) groups is 3. The molecule has 0 atom stereocenters. The largest absolute Gasteiger partial charge is 0.482 e. The lowest BCUT2D eigenvalue weighted by molar-refractivity contribution is -0.121. The van der Waals surface area contributed by atoms with Gasteiger partial charge in [0.1, 0.15) is 5.75 Å². The first-order chi connectivity index (χ1) is 19.3. The highest BCUT2D eigenvalue weighted by molar-refractivity contribution is 7.89. The number of anilines is 2. The number of carbonyl (C=O) groups excluding carboxylic acids is 3. The van der Waals surface area contributed by atoms with E-state index in [1.54, 1.807) is 42.5 Å². The van der Waals surface area contributed by atoms with Gasteiger partial charge in [0.15, 0.2) is 6.61 Å². The lowest BCUT2D eigenvalue weighted by atomic mass is 10.1. The molecule has 2 amide bonds. The zero-order valence-electron chi connectivity index (χ0n) is 21.7. The van der Waals surface area contributed by atoms with Crippen LogP contribution in [0.25, 0.3) is 0 Å². The van der Waals surface area contributed by atoms with Gasteiger partial charge in [-0.25, -0.2) is 13.2 Å². The third-order valence-corrected chi connectivity index (χ3v) is 8.49. The van der Waals surface area contributed by atoms with E-state index in [-0.39, 0.29) is 42.6 Å². The molecule has 1 saturated heterocycles. The van der Waals surface area contributed by atoms with E-state index in [4.69, 9.17) is 14.2 Å². The minimum absolute atomic E-state index is 0.0994. The summed E-state index contributed by atoms with van der Waals surface area (Å²) in [5.41, 5.74) is 2.23. The number of morpholine rings is 1. The average Bonchev–Trinajstić information content (AvgIpc) is 2.99. The molecule has 208 valence electrons. The summed E-state index contributed by atoms with van der Waals surface area (Å²) >= 11 is 0. The van der Waals surface area contributed by atoms with Gasteiger partial charge < -0.3 is 24.4 Å². The van der Waals surface area contributed by atoms with E-state index >= 15 is 0 Å². The zero-order valence-corrected chi connectivity index (χ0v) is 22.5. The van der Waals surface area contributed by atoms with Gasteiger partial charge in [-0.1, -0.05) is 12.1 Å². The predicted molar refractivity (Wildman–Crippen MR) is 145 cm³/mol. The number of esters is 1. The van der Waals surface area contributed by atoms with E-state index in [0.29, 0.717) is 41.5 Å². The second-order valence-electron chi connectivity index (χ2n) is 9.14. The zero-order chi connectivity index (χ0) is 28.3. The second kappa shape index (κ2) is 11.5. The number of amides is 2. The van der Waals surface area contributed by atoms with Gasteiger partial charge in [0.05, 0.1) is 43.0 Å². The van der Waals surface area contributed by atoms with E-state index in [2.05, 4.69) is 5.32 Å². The monoisotopic (exact) mass is 565 g/mol. The Hall–Kier alpha value is -4.26. The van der Waals surface area contributed by atoms with Crippen molar-refractivity contribution in [2.24, 2.45) is 0 Å². The van der Waals surface area contributed by atoms with Gasteiger partial charge in [0, 0.05) is 24.3 Å². The molecule has 0 saturated carbocycles. The molecule has 0 radical (unpaired) electrons. The van der Waals surface area contributed by atoms with E-state index in [0.717, 1.165) is 0 Å². The molecule has 0 aliphatic carbocycles. The summed E-state index contributed by atoms with van der Waals surface area (Å²) in [7, 11) is -2.38. The fourth-order valence-corrected chi connectivity index (χ4v) is 5.88. The van der Waals surface area contributed by atoms with Crippen molar-refractivity contribution in [2.75, 3.05) is 50.2 Å². The summed E-state index contributed by atoms with van der Waals surface area (Å²) in [6.45, 7) is 1.28. The third-order valence-electron chi connectivity index (χ3n) is 6.57. The number of sulfonamides is 1. The molecule has 0 spiro atoms. The number of rotatable bonds is 7. The highest BCUT2D eigenvalue weighted by atomic mass is 32.2. The van der Waals surface area contributed by atoms with Crippen LogP contribution in [-0.2, 0) is 30.8 Å². The fraction of sp³-hybridized carbons (Fsp3) is 0.250. The Morgan fingerprint density at radius 3 is 2.45 bits per heavy atom. The SMILES string of the molecule is COC(=O)c1cccc(CN2C(=O)COc3ccc(NC(=O)c4ccc(S(=O)(=O)N5CCOCC5)cc4)cc32)c1. The van der Waals surface area contributed by atoms with Gasteiger partial charge in [-0.2, -0.15) is 4.31 Å². The maximum Gasteiger partial charge on any atom is 0.337 e. The highest BCUT2D eigenvalue weighted by Gasteiger charge is 2.28. The van der Waals surface area contributed by atoms with E-state index < -0.39 is 21.9 Å². The Morgan fingerprint density at radius 2 is 1.73 bits per heavy atom. The van der Waals surface area contributed by atoms with E-state index in [1.165, 1.54) is 40.6 Å². The van der Waals surface area contributed by atoms with Crippen LogP contribution in [0.15, 0.2) is 71.6 Å². The van der Waals surface area contributed by atoms with Gasteiger partial charge in [-0.3, -0.25) is 9.59 Å². The fourth-order valence-electron chi connectivity index (χ4n) is 4.47. The molecule has 11 nitrogen and oxygen atoms in total. The quantitative estimate of drug-likeness (QED) is 0.433. The van der Waals surface area contributed by atoms with Crippen molar-refractivity contribution in [3.05, 3.63) is 83.4 Å². The normalized spacial score (nSPS) is 15.6. The van der Waals surface area contributed by atoms with Crippen molar-refractivity contribution >= 4 is 39.2 Å². The molecule has 3 aromatic carbocycles. The molecular formula is C28H27N3O8S. The maximum absolute atomic E-state index is 13.0. The summed E-state index contributed by atoms with van der Waals surface area (Å²) in [6.07, 6.45) is 0. The number of hydrogen-bond donors (Lipinski definition) is 1. The van der Waals surface area contributed by atoms with Crippen molar-refractivity contribution in [3.63, 3.8) is 0 Å². The number of nitrogens with zero attached hydrogens (tertiary/aromatic N) is 2. The number of benzene rings is 3. The Labute approximate surface area is 231 Å². The van der Waals surface area contributed by atoms with Crippen LogP contribution in [0.5, 0.6) is 5.75 Å². The van der Waals surface area contributed by atoms with E-state index in [1.807, 2.05) is 0 Å². The standard InChI is InChI=1S/C28H27N3O8S/c1-37-28(34)21-4-2-3-19(15-21)17-31-24-16-22(7-10-25(24)39-18-26(31)32)29-27(33)20-5-8-23(9-6-20)40(35,36)30-11-13-38-14-12-30/h2-10,15-16H,11-14,17-18H2,1H3,(H,29,33). The van der Waals surface area contributed by atoms with Crippen molar-refractivity contribution < 1.29 is 37.0 Å². The molecular weight excluding hydrogens is 538 g/mol. The minimum Gasteiger partial charge on any atom is -0.482 e. The average molecular weight is 566 g/mol. The van der Waals surface area contributed by atoms with Crippen LogP contribution in [0.2, 0.25) is 0 Å². The van der Waals surface area contributed by atoms with Crippen LogP contribution < -0.4 is 15.0 Å². The number of nitrogens with one attached hydrogen (secondary N) is 1. The lowest BCUT2D eigenvalue weighted by Crippen LogP contribution is -2.40. The Bertz CT molecular complexity index is 1550. The summed E-state index contributed by atoms with van der Waals surface area (Å²) < 4.78 is 42.7. The molecule has 0 unspecified atom stereocenters. The molecule has 5 rings (SSSR count). The topological polar surface area (TPSA) is 132 Å². The summed E-state index contributed by atoms with van der Waals surface area (Å²) in [4.78, 5) is 39.3. The van der Waals surface area contributed by atoms with Gasteiger partial charge in [-0.05, 0) is 60.2 Å². The van der Waals surface area contributed by atoms with E-state index in [9.17, 15) is 22.8 Å². The van der Waals surface area contributed by atoms with Crippen LogP contribution >= 0.6 is 0 Å². The Morgan fingerprint density at radius 1 is 0.975 bits per heavy atom. The van der Waals surface area contributed by atoms with Gasteiger partial charge in [-0.15, -0.1) is 0 Å². The number of fused-ring (bicyclic) bond motifs is 1. The van der Waals surface area contributed by atoms with Gasteiger partial charge in [0.2, 0.25) is 10.0 Å². The number of methoxy groups -OCH3 is 1. The number of hydrogen-bond acceptors (Lipinski definition) is 8. The van der Waals surface area contributed by atoms with Crippen molar-refractivity contribution in [3.8, 4) is 5.75 Å². The summed E-state index contributed by atoms with van der Waals surface area (Å²) in [6, 6.07) is 17.4. The smallest absolute Gasteiger partial charge is 0.337 e. The molecule has 2 aliphatic heterocycles. The third kappa shape index (κ3) is 5.69. The van der Waals surface area contributed by atoms with Crippen LogP contribution in [0.3, 0.4) is 0 Å². The maximum atomic E-state index is 13.0. The van der Waals surface area contributed by atoms with Crippen LogP contribution in [0.4, 0.5) is 11.4 Å². The summed E-state index contributed by atoms with van der Waals surface area (Å²) in [5, 5.41) is 2.79. The molecule has 2 heterocycles. The van der Waals surface area contributed by atoms with Crippen molar-refractivity contribution in [2.45, 2.75) is 11.4 Å². The molecule has 0 aromatic heterocycles. The molecule has 2 aliphatic rings. The first-order valence-corrected chi connectivity index (χ1v) is 13.9. The Kier molecular flexibility index (Phi) is 7.83. The van der Waals surface area contributed by atoms with Crippen molar-refractivity contribution in [1.29, 1.82) is 0 Å². The summed E-state index contributed by atoms with van der Waals surface area (Å²) in [5.74, 6) is -0.737. The van der Waals surface area contributed by atoms with Crippen LogP contribution in [0, 0.1) is 0 Å². The van der Waals surface area contributed by atoms with Crippen LogP contribution in [-0.4, -0.2) is 70.5 Å². The molecule has 1 N–H and O–H groups in total. The molecule has 0 bridgehead atoms. The lowest BCUT2D eigenvalue weighted by Gasteiger charge is -2.30. The molecule has 1 fully saturated rings. The van der Waals surface area contributed by atoms with Gasteiger partial charge >= 0.3 is 5.97 Å². The Balaban J connectivity index is 1.33.